The topological polar surface area (TPSA) is 107 Å². The second-order valence-corrected chi connectivity index (χ2v) is 8.02. The summed E-state index contributed by atoms with van der Waals surface area (Å²) in [5.74, 6) is 0.655. The lowest BCUT2D eigenvalue weighted by Gasteiger charge is -2.29. The van der Waals surface area contributed by atoms with Crippen LogP contribution in [0.5, 0.6) is 11.5 Å². The number of methoxy groups -OCH3 is 2. The average molecular weight is 489 g/mol. The van der Waals surface area contributed by atoms with E-state index in [1.807, 2.05) is 30.3 Å². The van der Waals surface area contributed by atoms with E-state index in [9.17, 15) is 14.7 Å². The fraction of sp³-hybridized carbons (Fsp3) is 0.462. The summed E-state index contributed by atoms with van der Waals surface area (Å²) < 4.78 is 14.6. The molecule has 9 nitrogen and oxygen atoms in total. The first-order valence-electron chi connectivity index (χ1n) is 11.7. The van der Waals surface area contributed by atoms with Crippen molar-refractivity contribution < 1.29 is 33.7 Å². The quantitative estimate of drug-likeness (QED) is 0.223. The molecule has 192 valence electrons. The summed E-state index contributed by atoms with van der Waals surface area (Å²) in [7, 11) is 2.81. The predicted octanol–water partition coefficient (Wildman–Crippen LogP) is 3.35. The van der Waals surface area contributed by atoms with Crippen molar-refractivity contribution in [3.8, 4) is 11.5 Å². The summed E-state index contributed by atoms with van der Waals surface area (Å²) in [5.41, 5.74) is 0.929. The van der Waals surface area contributed by atoms with E-state index in [4.69, 9.17) is 14.3 Å². The van der Waals surface area contributed by atoms with Gasteiger partial charge in [0, 0.05) is 6.54 Å². The monoisotopic (exact) mass is 488 g/mol. The van der Waals surface area contributed by atoms with Gasteiger partial charge in [-0.2, -0.15) is 0 Å². The highest BCUT2D eigenvalue weighted by Gasteiger charge is 2.26. The van der Waals surface area contributed by atoms with Crippen LogP contribution in [0.3, 0.4) is 0 Å². The van der Waals surface area contributed by atoms with Crippen LogP contribution in [0.4, 0.5) is 4.79 Å². The van der Waals surface area contributed by atoms with Gasteiger partial charge in [0.15, 0.2) is 6.61 Å². The fourth-order valence-corrected chi connectivity index (χ4v) is 3.36. The van der Waals surface area contributed by atoms with E-state index in [0.29, 0.717) is 24.5 Å². The Kier molecular flexibility index (Phi) is 12.4. The zero-order valence-electron chi connectivity index (χ0n) is 20.6. The first-order chi connectivity index (χ1) is 16.9. The number of alkyl carbamates (subject to hydrolysis) is 1. The minimum Gasteiger partial charge on any atom is -0.497 e. The molecule has 0 spiro atoms. The number of esters is 1. The maximum atomic E-state index is 12.3. The Labute approximate surface area is 206 Å². The van der Waals surface area contributed by atoms with Gasteiger partial charge >= 0.3 is 12.1 Å². The van der Waals surface area contributed by atoms with Crippen molar-refractivity contribution in [2.24, 2.45) is 0 Å². The molecule has 0 saturated heterocycles. The van der Waals surface area contributed by atoms with Crippen LogP contribution in [0.25, 0.3) is 0 Å². The van der Waals surface area contributed by atoms with E-state index < -0.39 is 30.8 Å². The van der Waals surface area contributed by atoms with Gasteiger partial charge in [-0.15, -0.1) is 5.06 Å². The largest absolute Gasteiger partial charge is 0.497 e. The first-order valence-corrected chi connectivity index (χ1v) is 11.7. The third-order valence-corrected chi connectivity index (χ3v) is 5.31. The van der Waals surface area contributed by atoms with E-state index in [-0.39, 0.29) is 6.54 Å². The number of rotatable bonds is 15. The summed E-state index contributed by atoms with van der Waals surface area (Å²) >= 11 is 0. The summed E-state index contributed by atoms with van der Waals surface area (Å²) in [6, 6.07) is 16.0. The third kappa shape index (κ3) is 10.7. The van der Waals surface area contributed by atoms with Gasteiger partial charge in [0.2, 0.25) is 0 Å². The van der Waals surface area contributed by atoms with Gasteiger partial charge in [0.1, 0.15) is 11.5 Å². The summed E-state index contributed by atoms with van der Waals surface area (Å²) in [4.78, 5) is 29.7. The number of nitrogens with zero attached hydrogens (tertiary/aromatic N) is 1. The molecule has 0 aliphatic rings. The summed E-state index contributed by atoms with van der Waals surface area (Å²) in [5, 5.41) is 15.5. The Morgan fingerprint density at radius 1 is 1.00 bits per heavy atom. The minimum atomic E-state index is -0.985. The van der Waals surface area contributed by atoms with Gasteiger partial charge in [-0.05, 0) is 42.7 Å². The number of hydrogen-bond acceptors (Lipinski definition) is 8. The molecule has 2 rings (SSSR count). The average Bonchev–Trinajstić information content (AvgIpc) is 2.88. The van der Waals surface area contributed by atoms with Crippen molar-refractivity contribution in [3.05, 3.63) is 60.2 Å². The van der Waals surface area contributed by atoms with Crippen LogP contribution < -0.4 is 14.9 Å². The highest BCUT2D eigenvalue weighted by molar-refractivity contribution is 5.75. The Hall–Kier alpha value is -3.30. The number of aliphatic hydroxyl groups excluding tert-OH is 1. The lowest BCUT2D eigenvalue weighted by molar-refractivity contribution is -0.143. The molecule has 0 bridgehead atoms. The maximum absolute atomic E-state index is 12.3. The number of ether oxygens (including phenoxy) is 3. The Bertz CT molecular complexity index is 877. The van der Waals surface area contributed by atoms with E-state index in [1.54, 1.807) is 36.4 Å². The summed E-state index contributed by atoms with van der Waals surface area (Å²) in [6.45, 7) is 2.34. The SMILES string of the molecule is CCCCCN(CC(O)C(Cc1ccccc1)NC(=O)OCC(=O)OC)Oc1ccc(OC)cc1. The first kappa shape index (κ1) is 27.9. The third-order valence-electron chi connectivity index (χ3n) is 5.31. The molecule has 2 atom stereocenters. The van der Waals surface area contributed by atoms with Crippen molar-refractivity contribution in [1.82, 2.24) is 10.4 Å². The van der Waals surface area contributed by atoms with Crippen LogP contribution >= 0.6 is 0 Å². The zero-order chi connectivity index (χ0) is 25.5. The van der Waals surface area contributed by atoms with Crippen molar-refractivity contribution in [2.45, 2.75) is 44.8 Å². The molecule has 0 aliphatic carbocycles. The molecule has 9 heteroatoms. The van der Waals surface area contributed by atoms with Crippen molar-refractivity contribution in [3.63, 3.8) is 0 Å². The second kappa shape index (κ2) is 15.6. The highest BCUT2D eigenvalue weighted by Crippen LogP contribution is 2.19. The lowest BCUT2D eigenvalue weighted by Crippen LogP contribution is -2.50. The second-order valence-electron chi connectivity index (χ2n) is 8.02. The molecule has 2 N–H and O–H groups in total. The van der Waals surface area contributed by atoms with Gasteiger partial charge in [0.05, 0.1) is 32.9 Å². The molecule has 0 radical (unpaired) electrons. The molecule has 35 heavy (non-hydrogen) atoms. The van der Waals surface area contributed by atoms with E-state index in [0.717, 1.165) is 24.8 Å². The van der Waals surface area contributed by atoms with Crippen molar-refractivity contribution in [2.75, 3.05) is 33.9 Å². The Balaban J connectivity index is 2.11. The van der Waals surface area contributed by atoms with E-state index >= 15 is 0 Å². The number of hydrogen-bond donors (Lipinski definition) is 2. The molecule has 1 amide bonds. The van der Waals surface area contributed by atoms with Crippen LogP contribution in [0.1, 0.15) is 31.7 Å². The Morgan fingerprint density at radius 3 is 2.31 bits per heavy atom. The number of nitrogens with one attached hydrogen (secondary N) is 1. The van der Waals surface area contributed by atoms with Crippen LogP contribution in [0.15, 0.2) is 54.6 Å². The van der Waals surface area contributed by atoms with E-state index in [2.05, 4.69) is 17.0 Å². The fourth-order valence-electron chi connectivity index (χ4n) is 3.36. The number of benzene rings is 2. The van der Waals surface area contributed by atoms with Gasteiger partial charge < -0.3 is 29.5 Å². The van der Waals surface area contributed by atoms with Crippen molar-refractivity contribution >= 4 is 12.1 Å². The normalized spacial score (nSPS) is 12.5. The zero-order valence-corrected chi connectivity index (χ0v) is 20.6. The lowest BCUT2D eigenvalue weighted by atomic mass is 10.0. The predicted molar refractivity (Wildman–Crippen MR) is 131 cm³/mol. The molecular weight excluding hydrogens is 452 g/mol. The van der Waals surface area contributed by atoms with Gasteiger partial charge in [0.25, 0.3) is 0 Å². The molecule has 2 aromatic carbocycles. The minimum absolute atomic E-state index is 0.143. The number of carbonyl (C=O) groups excluding carboxylic acids is 2. The molecule has 2 unspecified atom stereocenters. The van der Waals surface area contributed by atoms with Crippen LogP contribution in [0, 0.1) is 0 Å². The number of amides is 1. The maximum Gasteiger partial charge on any atom is 0.408 e. The van der Waals surface area contributed by atoms with Gasteiger partial charge in [-0.1, -0.05) is 50.1 Å². The smallest absolute Gasteiger partial charge is 0.408 e. The van der Waals surface area contributed by atoms with Crippen LogP contribution in [0.2, 0.25) is 0 Å². The van der Waals surface area contributed by atoms with Crippen LogP contribution in [-0.2, 0) is 20.7 Å². The molecule has 0 fully saturated rings. The molecular formula is C26H36N2O7. The highest BCUT2D eigenvalue weighted by atomic mass is 16.7. The molecule has 0 heterocycles. The molecule has 2 aromatic rings. The van der Waals surface area contributed by atoms with E-state index in [1.165, 1.54) is 7.11 Å². The van der Waals surface area contributed by atoms with Crippen LogP contribution in [-0.4, -0.2) is 68.3 Å². The molecule has 0 saturated carbocycles. The van der Waals surface area contributed by atoms with Crippen molar-refractivity contribution in [1.29, 1.82) is 0 Å². The van der Waals surface area contributed by atoms with Gasteiger partial charge in [-0.3, -0.25) is 0 Å². The number of carbonyl (C=O) groups is 2. The number of aliphatic hydroxyl groups is 1. The number of hydroxylamine groups is 2. The molecule has 0 aliphatic heterocycles. The standard InChI is InChI=1S/C26H36N2O7/c1-4-5-9-16-28(35-22-14-12-21(32-2)13-15-22)18-24(29)23(17-20-10-7-6-8-11-20)27-26(31)34-19-25(30)33-3/h6-8,10-15,23-24,29H,4-5,9,16-19H2,1-3H3,(H,27,31). The summed E-state index contributed by atoms with van der Waals surface area (Å²) in [6.07, 6.45) is 1.51. The Morgan fingerprint density at radius 2 is 1.69 bits per heavy atom. The van der Waals surface area contributed by atoms with Gasteiger partial charge in [-0.25, -0.2) is 9.59 Å². The molecule has 0 aromatic heterocycles. The number of unbranched alkanes of at least 4 members (excludes halogenated alkanes) is 2.